The van der Waals surface area contributed by atoms with Crippen molar-refractivity contribution in [1.82, 2.24) is 5.32 Å². The van der Waals surface area contributed by atoms with Crippen LogP contribution in [0.3, 0.4) is 0 Å². The molecular weight excluding hydrogens is 210 g/mol. The molecule has 2 N–H and O–H groups in total. The molecule has 0 radical (unpaired) electrons. The van der Waals surface area contributed by atoms with Crippen LogP contribution in [-0.4, -0.2) is 17.3 Å². The van der Waals surface area contributed by atoms with E-state index in [1.807, 2.05) is 26.0 Å². The van der Waals surface area contributed by atoms with Gasteiger partial charge in [0.1, 0.15) is 0 Å². The molecule has 1 aromatic carbocycles. The molecule has 3 heteroatoms. The fraction of sp³-hybridized carbons (Fsp3) is 0.500. The van der Waals surface area contributed by atoms with E-state index in [2.05, 4.69) is 11.4 Å². The van der Waals surface area contributed by atoms with Crippen molar-refractivity contribution in [2.45, 2.75) is 39.5 Å². The second-order valence-corrected chi connectivity index (χ2v) is 4.40. The molecule has 1 aromatic rings. The van der Waals surface area contributed by atoms with Crippen molar-refractivity contribution in [3.63, 3.8) is 0 Å². The molecule has 0 aromatic heterocycles. The summed E-state index contributed by atoms with van der Waals surface area (Å²) in [5, 5.41) is 13.4. The Kier molecular flexibility index (Phi) is 4.58. The molecule has 0 fully saturated rings. The highest BCUT2D eigenvalue weighted by atomic mass is 35.5. The van der Waals surface area contributed by atoms with Gasteiger partial charge in [0.15, 0.2) is 0 Å². The Bertz CT molecular complexity index is 325. The van der Waals surface area contributed by atoms with E-state index in [0.717, 1.165) is 17.1 Å². The highest BCUT2D eigenvalue weighted by Gasteiger charge is 2.07. The average Bonchev–Trinajstić information content (AvgIpc) is 2.19. The van der Waals surface area contributed by atoms with Crippen molar-refractivity contribution < 1.29 is 5.11 Å². The summed E-state index contributed by atoms with van der Waals surface area (Å²) in [6.07, 6.45) is -0.335. The number of aliphatic hydroxyl groups excluding tert-OH is 1. The first-order chi connectivity index (χ1) is 7.00. The van der Waals surface area contributed by atoms with Crippen LogP contribution >= 0.6 is 11.6 Å². The van der Waals surface area contributed by atoms with Gasteiger partial charge in [0.25, 0.3) is 0 Å². The zero-order valence-electron chi connectivity index (χ0n) is 9.42. The highest BCUT2D eigenvalue weighted by molar-refractivity contribution is 6.31. The zero-order chi connectivity index (χ0) is 11.4. The second kappa shape index (κ2) is 5.50. The Balaban J connectivity index is 2.55. The van der Waals surface area contributed by atoms with E-state index in [1.54, 1.807) is 6.92 Å². The first-order valence-electron chi connectivity index (χ1n) is 5.17. The lowest BCUT2D eigenvalue weighted by Crippen LogP contribution is -2.34. The number of nitrogens with one attached hydrogen (secondary N) is 1. The van der Waals surface area contributed by atoms with Crippen molar-refractivity contribution in [1.29, 1.82) is 0 Å². The summed E-state index contributed by atoms with van der Waals surface area (Å²) >= 11 is 5.93. The fourth-order valence-corrected chi connectivity index (χ4v) is 1.38. The van der Waals surface area contributed by atoms with Crippen molar-refractivity contribution in [2.24, 2.45) is 0 Å². The van der Waals surface area contributed by atoms with Crippen molar-refractivity contribution in [2.75, 3.05) is 0 Å². The molecule has 84 valence electrons. The molecule has 15 heavy (non-hydrogen) atoms. The molecule has 0 aliphatic heterocycles. The van der Waals surface area contributed by atoms with Gasteiger partial charge in [-0.15, -0.1) is 0 Å². The van der Waals surface area contributed by atoms with E-state index in [1.165, 1.54) is 5.56 Å². The monoisotopic (exact) mass is 227 g/mol. The van der Waals surface area contributed by atoms with Gasteiger partial charge < -0.3 is 10.4 Å². The van der Waals surface area contributed by atoms with E-state index in [9.17, 15) is 5.11 Å². The predicted octanol–water partition coefficient (Wildman–Crippen LogP) is 2.51. The molecule has 0 bridgehead atoms. The molecule has 0 amide bonds. The molecule has 0 heterocycles. The molecule has 0 saturated heterocycles. The summed E-state index contributed by atoms with van der Waals surface area (Å²) in [6, 6.07) is 6.06. The van der Waals surface area contributed by atoms with Crippen LogP contribution in [0, 0.1) is 6.92 Å². The smallest absolute Gasteiger partial charge is 0.0662 e. The topological polar surface area (TPSA) is 32.3 Å². The second-order valence-electron chi connectivity index (χ2n) is 3.99. The maximum atomic E-state index is 9.31. The van der Waals surface area contributed by atoms with E-state index in [-0.39, 0.29) is 12.1 Å². The Labute approximate surface area is 96.3 Å². The van der Waals surface area contributed by atoms with E-state index >= 15 is 0 Å². The van der Waals surface area contributed by atoms with Gasteiger partial charge in [-0.05, 0) is 38.0 Å². The van der Waals surface area contributed by atoms with E-state index in [4.69, 9.17) is 11.6 Å². The normalized spacial score (nSPS) is 15.0. The molecular formula is C12H18ClNO. The third kappa shape index (κ3) is 3.82. The summed E-state index contributed by atoms with van der Waals surface area (Å²) < 4.78 is 0. The molecule has 2 unspecified atom stereocenters. The summed E-state index contributed by atoms with van der Waals surface area (Å²) in [5.41, 5.74) is 2.27. The minimum absolute atomic E-state index is 0.0981. The van der Waals surface area contributed by atoms with E-state index < -0.39 is 0 Å². The van der Waals surface area contributed by atoms with Gasteiger partial charge in [0.05, 0.1) is 6.10 Å². The zero-order valence-corrected chi connectivity index (χ0v) is 10.2. The maximum absolute atomic E-state index is 9.31. The van der Waals surface area contributed by atoms with Crippen molar-refractivity contribution in [3.05, 3.63) is 34.3 Å². The number of aryl methyl sites for hydroxylation is 1. The third-order valence-electron chi connectivity index (χ3n) is 2.57. The lowest BCUT2D eigenvalue weighted by Gasteiger charge is -2.16. The minimum Gasteiger partial charge on any atom is -0.392 e. The van der Waals surface area contributed by atoms with Gasteiger partial charge in [-0.1, -0.05) is 23.7 Å². The molecule has 0 saturated carbocycles. The summed E-state index contributed by atoms with van der Waals surface area (Å²) in [4.78, 5) is 0. The third-order valence-corrected chi connectivity index (χ3v) is 3.00. The van der Waals surface area contributed by atoms with Crippen LogP contribution in [-0.2, 0) is 6.54 Å². The van der Waals surface area contributed by atoms with E-state index in [0.29, 0.717) is 0 Å². The number of aliphatic hydroxyl groups is 1. The fourth-order valence-electron chi connectivity index (χ4n) is 1.27. The van der Waals surface area contributed by atoms with Gasteiger partial charge in [-0.3, -0.25) is 0 Å². The van der Waals surface area contributed by atoms with Gasteiger partial charge in [-0.25, -0.2) is 0 Å². The SMILES string of the molecule is Cc1cc(CNC(C)C(C)O)ccc1Cl. The largest absolute Gasteiger partial charge is 0.392 e. The number of halogens is 1. The average molecular weight is 228 g/mol. The van der Waals surface area contributed by atoms with Gasteiger partial charge >= 0.3 is 0 Å². The standard InChI is InChI=1S/C12H18ClNO/c1-8-6-11(4-5-12(8)13)7-14-9(2)10(3)15/h4-6,9-10,14-15H,7H2,1-3H3. The van der Waals surface area contributed by atoms with Crippen LogP contribution in [0.15, 0.2) is 18.2 Å². The van der Waals surface area contributed by atoms with Crippen molar-refractivity contribution in [3.8, 4) is 0 Å². The van der Waals surface area contributed by atoms with Crippen LogP contribution in [0.2, 0.25) is 5.02 Å². The summed E-state index contributed by atoms with van der Waals surface area (Å²) in [7, 11) is 0. The Hall–Kier alpha value is -0.570. The van der Waals surface area contributed by atoms with Crippen molar-refractivity contribution >= 4 is 11.6 Å². The molecule has 1 rings (SSSR count). The van der Waals surface area contributed by atoms with Gasteiger partial charge in [0, 0.05) is 17.6 Å². The Morgan fingerprint density at radius 1 is 1.40 bits per heavy atom. The number of benzene rings is 1. The van der Waals surface area contributed by atoms with Crippen LogP contribution in [0.4, 0.5) is 0 Å². The predicted molar refractivity (Wildman–Crippen MR) is 64.2 cm³/mol. The van der Waals surface area contributed by atoms with Gasteiger partial charge in [-0.2, -0.15) is 0 Å². The molecule has 0 aliphatic rings. The quantitative estimate of drug-likeness (QED) is 0.829. The Morgan fingerprint density at radius 2 is 2.07 bits per heavy atom. The minimum atomic E-state index is -0.335. The lowest BCUT2D eigenvalue weighted by atomic mass is 10.1. The first kappa shape index (κ1) is 12.5. The molecule has 0 spiro atoms. The van der Waals surface area contributed by atoms with Crippen LogP contribution in [0.25, 0.3) is 0 Å². The number of hydrogen-bond acceptors (Lipinski definition) is 2. The van der Waals surface area contributed by atoms with Crippen LogP contribution < -0.4 is 5.32 Å². The number of hydrogen-bond donors (Lipinski definition) is 2. The van der Waals surface area contributed by atoms with Crippen LogP contribution in [0.5, 0.6) is 0 Å². The lowest BCUT2D eigenvalue weighted by molar-refractivity contribution is 0.152. The molecule has 0 aliphatic carbocycles. The molecule has 2 nitrogen and oxygen atoms in total. The van der Waals surface area contributed by atoms with Crippen LogP contribution in [0.1, 0.15) is 25.0 Å². The highest BCUT2D eigenvalue weighted by Crippen LogP contribution is 2.16. The Morgan fingerprint density at radius 3 is 2.60 bits per heavy atom. The maximum Gasteiger partial charge on any atom is 0.0662 e. The van der Waals surface area contributed by atoms with Gasteiger partial charge in [0.2, 0.25) is 0 Å². The number of rotatable bonds is 4. The first-order valence-corrected chi connectivity index (χ1v) is 5.55. The molecule has 2 atom stereocenters. The summed E-state index contributed by atoms with van der Waals surface area (Å²) in [6.45, 7) is 6.49. The summed E-state index contributed by atoms with van der Waals surface area (Å²) in [5.74, 6) is 0.